The summed E-state index contributed by atoms with van der Waals surface area (Å²) in [5, 5.41) is 24.5. The van der Waals surface area contributed by atoms with Gasteiger partial charge in [-0.2, -0.15) is 9.99 Å². The summed E-state index contributed by atoms with van der Waals surface area (Å²) in [7, 11) is 0. The molecule has 5 nitrogen and oxygen atoms in total. The van der Waals surface area contributed by atoms with Crippen LogP contribution in [0.5, 0.6) is 0 Å². The minimum atomic E-state index is -0.430. The fourth-order valence-corrected chi connectivity index (χ4v) is 4.66. The highest BCUT2D eigenvalue weighted by Gasteiger charge is 2.25. The number of pyridine rings is 1. The maximum Gasteiger partial charge on any atom is 0.252 e. The summed E-state index contributed by atoms with van der Waals surface area (Å²) in [5.41, 5.74) is 1.69. The van der Waals surface area contributed by atoms with Gasteiger partial charge in [-0.25, -0.2) is 0 Å². The van der Waals surface area contributed by atoms with Crippen molar-refractivity contribution in [1.82, 2.24) is 0 Å². The van der Waals surface area contributed by atoms with E-state index in [4.69, 9.17) is 0 Å². The number of amides is 1. The monoisotopic (exact) mass is 345 g/mol. The number of hydrogen-bond donors (Lipinski definition) is 1. The van der Waals surface area contributed by atoms with Crippen molar-refractivity contribution in [3.8, 4) is 6.07 Å². The maximum absolute atomic E-state index is 12.4. The van der Waals surface area contributed by atoms with Gasteiger partial charge in [-0.3, -0.25) is 4.79 Å². The van der Waals surface area contributed by atoms with E-state index in [2.05, 4.69) is 11.4 Å². The van der Waals surface area contributed by atoms with E-state index in [1.165, 1.54) is 34.2 Å². The lowest BCUT2D eigenvalue weighted by Crippen LogP contribution is -2.30. The van der Waals surface area contributed by atoms with Gasteiger partial charge in [-0.05, 0) is 49.6 Å². The van der Waals surface area contributed by atoms with Gasteiger partial charge < -0.3 is 10.5 Å². The predicted octanol–water partition coefficient (Wildman–Crippen LogP) is 2.86. The molecule has 0 spiro atoms. The quantitative estimate of drug-likeness (QED) is 0.525. The van der Waals surface area contributed by atoms with E-state index in [1.807, 2.05) is 0 Å². The van der Waals surface area contributed by atoms with Gasteiger partial charge in [-0.1, -0.05) is 0 Å². The zero-order chi connectivity index (χ0) is 16.4. The van der Waals surface area contributed by atoms with Crippen molar-refractivity contribution < 1.29 is 9.52 Å². The molecule has 0 radical (unpaired) electrons. The first-order valence-electron chi connectivity index (χ1n) is 7.30. The van der Waals surface area contributed by atoms with Crippen LogP contribution in [0.4, 0.5) is 5.00 Å². The van der Waals surface area contributed by atoms with E-state index in [-0.39, 0.29) is 5.91 Å². The number of thioether (sulfide) groups is 1. The van der Waals surface area contributed by atoms with E-state index in [0.717, 1.165) is 29.6 Å². The molecule has 2 aromatic heterocycles. The van der Waals surface area contributed by atoms with Crippen molar-refractivity contribution in [2.24, 2.45) is 0 Å². The zero-order valence-corrected chi connectivity index (χ0v) is 14.2. The van der Waals surface area contributed by atoms with Crippen LogP contribution < -0.4 is 10.0 Å². The number of aromatic nitrogens is 1. The Morgan fingerprint density at radius 3 is 3.09 bits per heavy atom. The zero-order valence-electron chi connectivity index (χ0n) is 12.5. The third-order valence-electron chi connectivity index (χ3n) is 3.73. The van der Waals surface area contributed by atoms with Gasteiger partial charge in [0.2, 0.25) is 5.91 Å². The fraction of sp³-hybridized carbons (Fsp3) is 0.312. The van der Waals surface area contributed by atoms with Crippen LogP contribution in [0.25, 0.3) is 0 Å². The van der Waals surface area contributed by atoms with Crippen LogP contribution in [0.15, 0.2) is 29.4 Å². The topological polar surface area (TPSA) is 79.8 Å². The minimum Gasteiger partial charge on any atom is -0.618 e. The molecule has 0 fully saturated rings. The molecule has 23 heavy (non-hydrogen) atoms. The fourth-order valence-electron chi connectivity index (χ4n) is 2.56. The Kier molecular flexibility index (Phi) is 4.55. The number of aryl methyl sites for hydroxylation is 1. The van der Waals surface area contributed by atoms with Gasteiger partial charge in [0.15, 0.2) is 6.20 Å². The van der Waals surface area contributed by atoms with Crippen LogP contribution >= 0.6 is 23.1 Å². The van der Waals surface area contributed by atoms with E-state index in [1.54, 1.807) is 25.1 Å². The molecule has 1 aliphatic carbocycles. The Morgan fingerprint density at radius 1 is 1.52 bits per heavy atom. The van der Waals surface area contributed by atoms with Gasteiger partial charge >= 0.3 is 0 Å². The Hall–Kier alpha value is -2.04. The van der Waals surface area contributed by atoms with Crippen LogP contribution in [0.2, 0.25) is 0 Å². The van der Waals surface area contributed by atoms with Crippen LogP contribution in [-0.2, 0) is 17.6 Å². The largest absolute Gasteiger partial charge is 0.618 e. The smallest absolute Gasteiger partial charge is 0.252 e. The lowest BCUT2D eigenvalue weighted by atomic mass is 10.1. The van der Waals surface area contributed by atoms with Crippen LogP contribution in [0.1, 0.15) is 29.3 Å². The van der Waals surface area contributed by atoms with Crippen molar-refractivity contribution >= 4 is 34.0 Å². The molecule has 1 aliphatic rings. The van der Waals surface area contributed by atoms with E-state index in [9.17, 15) is 15.3 Å². The molecule has 1 atom stereocenters. The average molecular weight is 345 g/mol. The summed E-state index contributed by atoms with van der Waals surface area (Å²) in [5.74, 6) is -0.199. The summed E-state index contributed by atoms with van der Waals surface area (Å²) in [6.45, 7) is 1.75. The normalized spacial score (nSPS) is 14.1. The van der Waals surface area contributed by atoms with Gasteiger partial charge in [0.25, 0.3) is 5.03 Å². The third kappa shape index (κ3) is 3.19. The third-order valence-corrected chi connectivity index (χ3v) is 6.06. The van der Waals surface area contributed by atoms with E-state index < -0.39 is 5.25 Å². The number of thiophene rings is 1. The standard InChI is InChI=1S/C16H15N3O2S2/c1-10(22-14-7-2-3-8-19(14)21)15(20)18-16-12(9-17)11-5-4-6-13(11)23-16/h2-3,7-8,10H,4-6H2,1H3,(H,18,20). The number of hydrogen-bond acceptors (Lipinski definition) is 5. The minimum absolute atomic E-state index is 0.199. The van der Waals surface area contributed by atoms with Crippen molar-refractivity contribution in [2.75, 3.05) is 5.32 Å². The number of nitrogens with zero attached hydrogens (tertiary/aromatic N) is 2. The first kappa shape index (κ1) is 15.8. The first-order valence-corrected chi connectivity index (χ1v) is 9.00. The average Bonchev–Trinajstić information content (AvgIpc) is 3.09. The summed E-state index contributed by atoms with van der Waals surface area (Å²) < 4.78 is 0.745. The van der Waals surface area contributed by atoms with Crippen LogP contribution in [0, 0.1) is 16.5 Å². The van der Waals surface area contributed by atoms with Gasteiger partial charge in [0, 0.05) is 17.0 Å². The van der Waals surface area contributed by atoms with Crippen LogP contribution in [-0.4, -0.2) is 11.2 Å². The SMILES string of the molecule is CC(Sc1cccc[n+]1[O-])C(=O)Nc1sc2c(c1C#N)CCC2. The molecule has 0 aliphatic heterocycles. The Labute approximate surface area is 142 Å². The molecule has 3 rings (SSSR count). The van der Waals surface area contributed by atoms with E-state index in [0.29, 0.717) is 15.6 Å². The highest BCUT2D eigenvalue weighted by Crippen LogP contribution is 2.38. The number of nitrogens with one attached hydrogen (secondary N) is 1. The number of carbonyl (C=O) groups is 1. The van der Waals surface area contributed by atoms with E-state index >= 15 is 0 Å². The first-order chi connectivity index (χ1) is 11.1. The molecule has 1 N–H and O–H groups in total. The Morgan fingerprint density at radius 2 is 2.35 bits per heavy atom. The molecule has 0 aromatic carbocycles. The van der Waals surface area contributed by atoms with Gasteiger partial charge in [-0.15, -0.1) is 11.3 Å². The number of fused-ring (bicyclic) bond motifs is 1. The summed E-state index contributed by atoms with van der Waals surface area (Å²) in [4.78, 5) is 13.6. The predicted molar refractivity (Wildman–Crippen MR) is 90.4 cm³/mol. The van der Waals surface area contributed by atoms with Crippen molar-refractivity contribution in [2.45, 2.75) is 36.5 Å². The molecule has 2 heterocycles. The molecule has 7 heteroatoms. The summed E-state index contributed by atoms with van der Waals surface area (Å²) >= 11 is 2.70. The van der Waals surface area contributed by atoms with Crippen molar-refractivity contribution in [1.29, 1.82) is 5.26 Å². The molecule has 0 bridgehead atoms. The van der Waals surface area contributed by atoms with Gasteiger partial charge in [0.05, 0.1) is 10.8 Å². The molecule has 1 unspecified atom stereocenters. The number of rotatable bonds is 4. The number of carbonyl (C=O) groups excluding carboxylic acids is 1. The highest BCUT2D eigenvalue weighted by atomic mass is 32.2. The molecule has 118 valence electrons. The lowest BCUT2D eigenvalue weighted by Gasteiger charge is -2.11. The Balaban J connectivity index is 1.72. The second-order valence-corrected chi connectivity index (χ2v) is 7.75. The second kappa shape index (κ2) is 6.60. The lowest BCUT2D eigenvalue weighted by molar-refractivity contribution is -0.645. The number of anilines is 1. The molecule has 0 saturated heterocycles. The molecular weight excluding hydrogens is 330 g/mol. The molecule has 1 amide bonds. The van der Waals surface area contributed by atoms with Crippen molar-refractivity contribution in [3.05, 3.63) is 45.6 Å². The molecule has 2 aromatic rings. The molecular formula is C16H15N3O2S2. The Bertz CT molecular complexity index is 795. The van der Waals surface area contributed by atoms with Crippen molar-refractivity contribution in [3.63, 3.8) is 0 Å². The van der Waals surface area contributed by atoms with Gasteiger partial charge in [0.1, 0.15) is 11.1 Å². The maximum atomic E-state index is 12.4. The number of nitriles is 1. The molecule has 0 saturated carbocycles. The highest BCUT2D eigenvalue weighted by molar-refractivity contribution is 8.00. The van der Waals surface area contributed by atoms with Crippen LogP contribution in [0.3, 0.4) is 0 Å². The second-order valence-electron chi connectivity index (χ2n) is 5.29. The summed E-state index contributed by atoms with van der Waals surface area (Å²) in [6, 6.07) is 7.31. The summed E-state index contributed by atoms with van der Waals surface area (Å²) in [6.07, 6.45) is 4.38.